The summed E-state index contributed by atoms with van der Waals surface area (Å²) < 4.78 is 0.774. The average Bonchev–Trinajstić information content (AvgIpc) is 2.65. The molecule has 6 heteroatoms. The third-order valence-electron chi connectivity index (χ3n) is 1.90. The molecule has 0 spiro atoms. The maximum atomic E-state index is 10.4. The molecule has 0 aliphatic rings. The summed E-state index contributed by atoms with van der Waals surface area (Å²) in [4.78, 5) is 17.1. The molecule has 0 aliphatic carbocycles. The van der Waals surface area contributed by atoms with Crippen molar-refractivity contribution in [3.05, 3.63) is 45.2 Å². The number of H-pyrrole nitrogens is 1. The number of aromatic nitrogens is 2. The summed E-state index contributed by atoms with van der Waals surface area (Å²) in [6.07, 6.45) is 1.64. The summed E-state index contributed by atoms with van der Waals surface area (Å²) in [5.74, 6) is 0.678. The summed E-state index contributed by atoms with van der Waals surface area (Å²) in [6.45, 7) is 0. The van der Waals surface area contributed by atoms with Crippen LogP contribution in [0.4, 0.5) is 5.69 Å². The minimum Gasteiger partial charge on any atom is -0.333 e. The average molecular weight is 268 g/mol. The summed E-state index contributed by atoms with van der Waals surface area (Å²) in [6, 6.07) is 6.21. The molecule has 1 aromatic carbocycles. The normalized spacial score (nSPS) is 10.2. The van der Waals surface area contributed by atoms with Crippen LogP contribution in [0, 0.1) is 10.1 Å². The van der Waals surface area contributed by atoms with Gasteiger partial charge in [0.1, 0.15) is 10.4 Å². The highest BCUT2D eigenvalue weighted by molar-refractivity contribution is 9.10. The van der Waals surface area contributed by atoms with Crippen LogP contribution in [0.25, 0.3) is 11.4 Å². The van der Waals surface area contributed by atoms with Gasteiger partial charge in [-0.25, -0.2) is 4.98 Å². The maximum absolute atomic E-state index is 10.4. The van der Waals surface area contributed by atoms with Gasteiger partial charge in [0.15, 0.2) is 0 Å². The standard InChI is InChI=1S/C9H6BrN3O2/c10-8-5-11-9(12-8)6-1-3-7(4-2-6)13(14)15/h1-5H,(H,11,12). The molecule has 0 bridgehead atoms. The van der Waals surface area contributed by atoms with Crippen molar-refractivity contribution in [3.8, 4) is 11.4 Å². The first-order valence-corrected chi connectivity index (χ1v) is 4.91. The van der Waals surface area contributed by atoms with Crippen LogP contribution in [0.2, 0.25) is 0 Å². The molecule has 0 atom stereocenters. The second kappa shape index (κ2) is 3.82. The zero-order chi connectivity index (χ0) is 10.8. The lowest BCUT2D eigenvalue weighted by molar-refractivity contribution is -0.384. The smallest absolute Gasteiger partial charge is 0.269 e. The third-order valence-corrected chi connectivity index (χ3v) is 2.30. The largest absolute Gasteiger partial charge is 0.333 e. The Morgan fingerprint density at radius 3 is 2.47 bits per heavy atom. The van der Waals surface area contributed by atoms with Crippen molar-refractivity contribution in [1.82, 2.24) is 9.97 Å². The number of aromatic amines is 1. The molecule has 0 radical (unpaired) electrons. The predicted octanol–water partition coefficient (Wildman–Crippen LogP) is 2.75. The van der Waals surface area contributed by atoms with Gasteiger partial charge in [-0.1, -0.05) is 0 Å². The Kier molecular flexibility index (Phi) is 2.51. The van der Waals surface area contributed by atoms with Crippen LogP contribution in [0.3, 0.4) is 0 Å². The van der Waals surface area contributed by atoms with Gasteiger partial charge in [-0.2, -0.15) is 0 Å². The number of benzene rings is 1. The van der Waals surface area contributed by atoms with E-state index < -0.39 is 4.92 Å². The SMILES string of the molecule is O=[N+]([O-])c1ccc(-c2ncc(Br)[nH]2)cc1. The van der Waals surface area contributed by atoms with Crippen molar-refractivity contribution in [2.75, 3.05) is 0 Å². The zero-order valence-electron chi connectivity index (χ0n) is 7.48. The van der Waals surface area contributed by atoms with Gasteiger partial charge < -0.3 is 4.98 Å². The van der Waals surface area contributed by atoms with Crippen LogP contribution in [0.15, 0.2) is 35.1 Å². The fourth-order valence-electron chi connectivity index (χ4n) is 1.19. The van der Waals surface area contributed by atoms with Gasteiger partial charge in [0, 0.05) is 17.7 Å². The van der Waals surface area contributed by atoms with Crippen molar-refractivity contribution >= 4 is 21.6 Å². The van der Waals surface area contributed by atoms with Crippen molar-refractivity contribution in [2.24, 2.45) is 0 Å². The van der Waals surface area contributed by atoms with Crippen LogP contribution in [0.5, 0.6) is 0 Å². The Labute approximate surface area is 93.4 Å². The van der Waals surface area contributed by atoms with Gasteiger partial charge in [-0.05, 0) is 28.1 Å². The second-order valence-corrected chi connectivity index (χ2v) is 3.74. The molecule has 1 heterocycles. The van der Waals surface area contributed by atoms with Gasteiger partial charge in [-0.3, -0.25) is 10.1 Å². The number of nitro benzene ring substituents is 1. The molecule has 1 N–H and O–H groups in total. The molecule has 2 aromatic rings. The van der Waals surface area contributed by atoms with E-state index in [9.17, 15) is 10.1 Å². The minimum absolute atomic E-state index is 0.0735. The summed E-state index contributed by atoms with van der Waals surface area (Å²) >= 11 is 3.24. The van der Waals surface area contributed by atoms with Gasteiger partial charge in [0.2, 0.25) is 0 Å². The topological polar surface area (TPSA) is 71.8 Å². The van der Waals surface area contributed by atoms with Gasteiger partial charge >= 0.3 is 0 Å². The van der Waals surface area contributed by atoms with Crippen molar-refractivity contribution < 1.29 is 4.92 Å². The molecule has 0 fully saturated rings. The van der Waals surface area contributed by atoms with Crippen LogP contribution in [-0.4, -0.2) is 14.9 Å². The number of imidazole rings is 1. The third kappa shape index (κ3) is 2.04. The van der Waals surface area contributed by atoms with E-state index in [1.807, 2.05) is 0 Å². The van der Waals surface area contributed by atoms with E-state index in [4.69, 9.17) is 0 Å². The lowest BCUT2D eigenvalue weighted by Gasteiger charge is -1.95. The summed E-state index contributed by atoms with van der Waals surface area (Å²) in [7, 11) is 0. The number of hydrogen-bond acceptors (Lipinski definition) is 3. The number of nitro groups is 1. The Balaban J connectivity index is 2.35. The van der Waals surface area contributed by atoms with E-state index in [1.165, 1.54) is 12.1 Å². The first-order valence-electron chi connectivity index (χ1n) is 4.12. The first kappa shape index (κ1) is 9.85. The maximum Gasteiger partial charge on any atom is 0.269 e. The Morgan fingerprint density at radius 2 is 2.00 bits per heavy atom. The first-order chi connectivity index (χ1) is 7.16. The Bertz CT molecular complexity index is 492. The van der Waals surface area contributed by atoms with Crippen molar-refractivity contribution in [1.29, 1.82) is 0 Å². The fourth-order valence-corrected chi connectivity index (χ4v) is 1.48. The van der Waals surface area contributed by atoms with Crippen LogP contribution in [0.1, 0.15) is 0 Å². The highest BCUT2D eigenvalue weighted by atomic mass is 79.9. The number of nitrogens with zero attached hydrogens (tertiary/aromatic N) is 2. The number of nitrogens with one attached hydrogen (secondary N) is 1. The highest BCUT2D eigenvalue weighted by Gasteiger charge is 2.06. The number of halogens is 1. The second-order valence-electron chi connectivity index (χ2n) is 2.88. The number of rotatable bonds is 2. The highest BCUT2D eigenvalue weighted by Crippen LogP contribution is 2.20. The minimum atomic E-state index is -0.429. The Hall–Kier alpha value is -1.69. The fraction of sp³-hybridized carbons (Fsp3) is 0. The molecule has 0 aliphatic heterocycles. The van der Waals surface area contributed by atoms with Crippen LogP contribution in [-0.2, 0) is 0 Å². The zero-order valence-corrected chi connectivity index (χ0v) is 9.06. The number of hydrogen-bond donors (Lipinski definition) is 1. The quantitative estimate of drug-likeness (QED) is 0.672. The van der Waals surface area contributed by atoms with Crippen LogP contribution >= 0.6 is 15.9 Å². The van der Waals surface area contributed by atoms with E-state index in [1.54, 1.807) is 18.3 Å². The molecule has 0 unspecified atom stereocenters. The van der Waals surface area contributed by atoms with E-state index in [0.717, 1.165) is 10.2 Å². The van der Waals surface area contributed by atoms with E-state index in [0.29, 0.717) is 5.82 Å². The number of non-ortho nitro benzene ring substituents is 1. The molecule has 0 saturated heterocycles. The summed E-state index contributed by atoms with van der Waals surface area (Å²) in [5, 5.41) is 10.4. The monoisotopic (exact) mass is 267 g/mol. The lowest BCUT2D eigenvalue weighted by atomic mass is 10.2. The van der Waals surface area contributed by atoms with Gasteiger partial charge in [0.05, 0.1) is 11.1 Å². The van der Waals surface area contributed by atoms with E-state index in [2.05, 4.69) is 25.9 Å². The molecule has 15 heavy (non-hydrogen) atoms. The van der Waals surface area contributed by atoms with Gasteiger partial charge in [-0.15, -0.1) is 0 Å². The predicted molar refractivity (Wildman–Crippen MR) is 58.4 cm³/mol. The molecule has 0 saturated carbocycles. The molecule has 2 rings (SSSR count). The van der Waals surface area contributed by atoms with E-state index >= 15 is 0 Å². The summed E-state index contributed by atoms with van der Waals surface area (Å²) in [5.41, 5.74) is 0.885. The molecular formula is C9H6BrN3O2. The molecule has 5 nitrogen and oxygen atoms in total. The molecule has 76 valence electrons. The van der Waals surface area contributed by atoms with E-state index in [-0.39, 0.29) is 5.69 Å². The Morgan fingerprint density at radius 1 is 1.33 bits per heavy atom. The van der Waals surface area contributed by atoms with Gasteiger partial charge in [0.25, 0.3) is 5.69 Å². The molecule has 0 amide bonds. The molecule has 1 aromatic heterocycles. The van der Waals surface area contributed by atoms with Crippen LogP contribution < -0.4 is 0 Å². The lowest BCUT2D eigenvalue weighted by Crippen LogP contribution is -1.87. The van der Waals surface area contributed by atoms with Crippen molar-refractivity contribution in [3.63, 3.8) is 0 Å². The molecular weight excluding hydrogens is 262 g/mol. The van der Waals surface area contributed by atoms with Crippen molar-refractivity contribution in [2.45, 2.75) is 0 Å².